The second kappa shape index (κ2) is 5.61. The van der Waals surface area contributed by atoms with Gasteiger partial charge in [-0.05, 0) is 25.2 Å². The predicted molar refractivity (Wildman–Crippen MR) is 65.2 cm³/mol. The van der Waals surface area contributed by atoms with E-state index in [9.17, 15) is 13.2 Å². The summed E-state index contributed by atoms with van der Waals surface area (Å²) in [6, 6.07) is 0. The maximum Gasteiger partial charge on any atom is 0.445 e. The number of anilines is 1. The summed E-state index contributed by atoms with van der Waals surface area (Å²) in [5.74, 6) is 1.03. The summed E-state index contributed by atoms with van der Waals surface area (Å²) in [5.41, 5.74) is 0. The Kier molecular flexibility index (Phi) is 4.32. The van der Waals surface area contributed by atoms with Gasteiger partial charge in [0.1, 0.15) is 0 Å². The van der Waals surface area contributed by atoms with Gasteiger partial charge in [-0.25, -0.2) is 0 Å². The zero-order valence-corrected chi connectivity index (χ0v) is 11.2. The van der Waals surface area contributed by atoms with Crippen LogP contribution in [0.4, 0.5) is 18.3 Å². The van der Waals surface area contributed by atoms with Gasteiger partial charge in [0, 0.05) is 19.0 Å². The first kappa shape index (κ1) is 13.9. The Bertz CT molecular complexity index is 394. The van der Waals surface area contributed by atoms with Gasteiger partial charge in [-0.15, -0.1) is 21.8 Å². The molecule has 2 heterocycles. The molecule has 1 aromatic rings. The normalized spacial score (nSPS) is 21.3. The molecule has 3 nitrogen and oxygen atoms in total. The van der Waals surface area contributed by atoms with E-state index in [0.29, 0.717) is 28.3 Å². The van der Waals surface area contributed by atoms with Gasteiger partial charge in [-0.3, -0.25) is 0 Å². The number of piperidine rings is 1. The summed E-state index contributed by atoms with van der Waals surface area (Å²) in [6.45, 7) is 1.46. The second-order valence-corrected chi connectivity index (χ2v) is 5.65. The molecule has 0 radical (unpaired) electrons. The lowest BCUT2D eigenvalue weighted by Crippen LogP contribution is -2.35. The first-order valence-corrected chi connectivity index (χ1v) is 7.07. The number of hydrogen-bond donors (Lipinski definition) is 0. The van der Waals surface area contributed by atoms with Gasteiger partial charge in [0.2, 0.25) is 10.1 Å². The fraction of sp³-hybridized carbons (Fsp3) is 0.800. The Morgan fingerprint density at radius 2 is 2.17 bits per heavy atom. The standard InChI is InChI=1S/C10H13ClF3N3S/c11-4-3-7-2-1-5-17(6-7)9-16-15-8(18-9)10(12,13)14/h7H,1-6H2. The van der Waals surface area contributed by atoms with Gasteiger partial charge in [-0.1, -0.05) is 11.3 Å². The molecule has 8 heteroatoms. The van der Waals surface area contributed by atoms with Crippen molar-refractivity contribution in [1.82, 2.24) is 10.2 Å². The Morgan fingerprint density at radius 1 is 1.39 bits per heavy atom. The number of halogens is 4. The lowest BCUT2D eigenvalue weighted by atomic mass is 9.96. The third-order valence-electron chi connectivity index (χ3n) is 2.96. The molecule has 0 bridgehead atoms. The van der Waals surface area contributed by atoms with Crippen molar-refractivity contribution in [1.29, 1.82) is 0 Å². The molecule has 18 heavy (non-hydrogen) atoms. The summed E-state index contributed by atoms with van der Waals surface area (Å²) in [5, 5.41) is 6.34. The molecule has 2 rings (SSSR count). The smallest absolute Gasteiger partial charge is 0.346 e. The Labute approximate surface area is 112 Å². The highest BCUT2D eigenvalue weighted by Gasteiger charge is 2.36. The Hall–Kier alpha value is -0.560. The number of rotatable bonds is 3. The van der Waals surface area contributed by atoms with E-state index in [1.165, 1.54) is 0 Å². The van der Waals surface area contributed by atoms with Crippen molar-refractivity contribution in [3.8, 4) is 0 Å². The van der Waals surface area contributed by atoms with Crippen LogP contribution in [0.5, 0.6) is 0 Å². The quantitative estimate of drug-likeness (QED) is 0.801. The highest BCUT2D eigenvalue weighted by Crippen LogP contribution is 2.35. The molecule has 1 unspecified atom stereocenters. The molecule has 1 atom stereocenters. The molecule has 0 saturated carbocycles. The SMILES string of the molecule is FC(F)(F)c1nnc(N2CCCC(CCCl)C2)s1. The molecule has 1 aromatic heterocycles. The van der Waals surface area contributed by atoms with E-state index in [1.54, 1.807) is 0 Å². The van der Waals surface area contributed by atoms with E-state index in [-0.39, 0.29) is 0 Å². The van der Waals surface area contributed by atoms with Crippen LogP contribution in [-0.4, -0.2) is 29.2 Å². The fourth-order valence-electron chi connectivity index (χ4n) is 2.09. The molecule has 0 N–H and O–H groups in total. The van der Waals surface area contributed by atoms with Crippen molar-refractivity contribution >= 4 is 28.1 Å². The fourth-order valence-corrected chi connectivity index (χ4v) is 3.14. The van der Waals surface area contributed by atoms with Crippen molar-refractivity contribution in [3.05, 3.63) is 5.01 Å². The number of hydrogen-bond acceptors (Lipinski definition) is 4. The van der Waals surface area contributed by atoms with Gasteiger partial charge in [0.05, 0.1) is 0 Å². The molecule has 1 aliphatic rings. The number of nitrogens with zero attached hydrogens (tertiary/aromatic N) is 3. The first-order valence-electron chi connectivity index (χ1n) is 5.72. The Balaban J connectivity index is 2.05. The minimum absolute atomic E-state index is 0.363. The van der Waals surface area contributed by atoms with Crippen LogP contribution in [-0.2, 0) is 6.18 Å². The molecule has 0 aromatic carbocycles. The summed E-state index contributed by atoms with van der Waals surface area (Å²) in [7, 11) is 0. The minimum atomic E-state index is -4.40. The van der Waals surface area contributed by atoms with Crippen LogP contribution in [0.3, 0.4) is 0 Å². The van der Waals surface area contributed by atoms with Gasteiger partial charge in [0.15, 0.2) is 0 Å². The predicted octanol–water partition coefficient (Wildman–Crippen LogP) is 3.40. The zero-order chi connectivity index (χ0) is 13.2. The van der Waals surface area contributed by atoms with E-state index in [0.717, 1.165) is 32.4 Å². The molecule has 1 fully saturated rings. The largest absolute Gasteiger partial charge is 0.445 e. The van der Waals surface area contributed by atoms with E-state index >= 15 is 0 Å². The molecule has 0 amide bonds. The van der Waals surface area contributed by atoms with Gasteiger partial charge in [-0.2, -0.15) is 13.2 Å². The van der Waals surface area contributed by atoms with E-state index in [2.05, 4.69) is 10.2 Å². The van der Waals surface area contributed by atoms with Crippen LogP contribution in [0, 0.1) is 5.92 Å². The highest BCUT2D eigenvalue weighted by atomic mass is 35.5. The van der Waals surface area contributed by atoms with Crippen molar-refractivity contribution in [2.45, 2.75) is 25.4 Å². The third-order valence-corrected chi connectivity index (χ3v) is 4.21. The zero-order valence-electron chi connectivity index (χ0n) is 9.58. The second-order valence-electron chi connectivity index (χ2n) is 4.32. The van der Waals surface area contributed by atoms with E-state index in [1.807, 2.05) is 4.90 Å². The van der Waals surface area contributed by atoms with Crippen LogP contribution in [0.25, 0.3) is 0 Å². The molecule has 1 saturated heterocycles. The summed E-state index contributed by atoms with van der Waals surface area (Å²) in [6.07, 6.45) is -1.47. The minimum Gasteiger partial charge on any atom is -0.346 e. The van der Waals surface area contributed by atoms with Gasteiger partial charge < -0.3 is 4.90 Å². The maximum atomic E-state index is 12.4. The van der Waals surface area contributed by atoms with Crippen LogP contribution in [0.2, 0.25) is 0 Å². The molecule has 1 aliphatic heterocycles. The van der Waals surface area contributed by atoms with E-state index < -0.39 is 11.2 Å². The third kappa shape index (κ3) is 3.26. The summed E-state index contributed by atoms with van der Waals surface area (Å²) >= 11 is 6.31. The molecule has 102 valence electrons. The highest BCUT2D eigenvalue weighted by molar-refractivity contribution is 7.15. The summed E-state index contributed by atoms with van der Waals surface area (Å²) in [4.78, 5) is 1.88. The van der Waals surface area contributed by atoms with Crippen molar-refractivity contribution < 1.29 is 13.2 Å². The monoisotopic (exact) mass is 299 g/mol. The first-order chi connectivity index (χ1) is 8.50. The Morgan fingerprint density at radius 3 is 2.78 bits per heavy atom. The van der Waals surface area contributed by atoms with Crippen molar-refractivity contribution in [2.24, 2.45) is 5.92 Å². The topological polar surface area (TPSA) is 29.0 Å². The van der Waals surface area contributed by atoms with Crippen LogP contribution < -0.4 is 4.90 Å². The molecular weight excluding hydrogens is 287 g/mol. The van der Waals surface area contributed by atoms with Gasteiger partial charge >= 0.3 is 6.18 Å². The van der Waals surface area contributed by atoms with Crippen molar-refractivity contribution in [2.75, 3.05) is 23.9 Å². The average molecular weight is 300 g/mol. The van der Waals surface area contributed by atoms with Crippen LogP contribution in [0.15, 0.2) is 0 Å². The van der Waals surface area contributed by atoms with Crippen LogP contribution >= 0.6 is 22.9 Å². The maximum absolute atomic E-state index is 12.4. The number of alkyl halides is 4. The lowest BCUT2D eigenvalue weighted by Gasteiger charge is -2.31. The molecule has 0 spiro atoms. The van der Waals surface area contributed by atoms with Gasteiger partial charge in [0.25, 0.3) is 0 Å². The van der Waals surface area contributed by atoms with Crippen LogP contribution in [0.1, 0.15) is 24.3 Å². The van der Waals surface area contributed by atoms with E-state index in [4.69, 9.17) is 11.6 Å². The summed E-state index contributed by atoms with van der Waals surface area (Å²) < 4.78 is 37.3. The lowest BCUT2D eigenvalue weighted by molar-refractivity contribution is -0.138. The molecule has 0 aliphatic carbocycles. The molecular formula is C10H13ClF3N3S. The number of aromatic nitrogens is 2. The van der Waals surface area contributed by atoms with Crippen molar-refractivity contribution in [3.63, 3.8) is 0 Å². The average Bonchev–Trinajstić information content (AvgIpc) is 2.78.